The quantitative estimate of drug-likeness (QED) is 0.361. The van der Waals surface area contributed by atoms with Gasteiger partial charge in [-0.2, -0.15) is 4.68 Å². The van der Waals surface area contributed by atoms with Gasteiger partial charge in [0, 0.05) is 6.54 Å². The normalized spacial score (nSPS) is 10.7. The van der Waals surface area contributed by atoms with E-state index in [1.165, 1.54) is 11.8 Å². The van der Waals surface area contributed by atoms with Crippen LogP contribution in [0.25, 0.3) is 5.69 Å². The topological polar surface area (TPSA) is 102 Å². The van der Waals surface area contributed by atoms with Gasteiger partial charge in [0.2, 0.25) is 11.1 Å². The highest BCUT2D eigenvalue weighted by atomic mass is 32.2. The Labute approximate surface area is 208 Å². The van der Waals surface area contributed by atoms with Gasteiger partial charge in [0.15, 0.2) is 0 Å². The van der Waals surface area contributed by atoms with E-state index in [0.29, 0.717) is 23.0 Å². The fourth-order valence-electron chi connectivity index (χ4n) is 3.55. The number of amides is 2. The van der Waals surface area contributed by atoms with Crippen molar-refractivity contribution < 1.29 is 9.59 Å². The number of aryl methyl sites for hydroxylation is 3. The fourth-order valence-corrected chi connectivity index (χ4v) is 4.24. The van der Waals surface area contributed by atoms with Gasteiger partial charge in [0.1, 0.15) is 0 Å². The number of thioether (sulfide) groups is 1. The summed E-state index contributed by atoms with van der Waals surface area (Å²) >= 11 is 1.23. The van der Waals surface area contributed by atoms with Crippen LogP contribution in [0.5, 0.6) is 0 Å². The summed E-state index contributed by atoms with van der Waals surface area (Å²) in [5.74, 6) is -0.429. The van der Waals surface area contributed by atoms with E-state index in [1.54, 1.807) is 28.9 Å². The molecule has 9 heteroatoms. The Hall–Kier alpha value is -3.98. The smallest absolute Gasteiger partial charge is 0.253 e. The molecule has 0 aliphatic carbocycles. The van der Waals surface area contributed by atoms with Crippen molar-refractivity contribution in [3.05, 3.63) is 94.5 Å². The number of tetrazole rings is 1. The van der Waals surface area contributed by atoms with Crippen molar-refractivity contribution in [2.45, 2.75) is 32.5 Å². The molecule has 0 saturated carbocycles. The minimum Gasteiger partial charge on any atom is -0.348 e. The van der Waals surface area contributed by atoms with E-state index in [1.807, 2.05) is 57.2 Å². The molecule has 0 radical (unpaired) electrons. The van der Waals surface area contributed by atoms with E-state index < -0.39 is 0 Å². The van der Waals surface area contributed by atoms with Gasteiger partial charge in [0.25, 0.3) is 5.91 Å². The lowest BCUT2D eigenvalue weighted by Crippen LogP contribution is -2.25. The number of carbonyl (C=O) groups is 2. The zero-order valence-electron chi connectivity index (χ0n) is 19.8. The number of nitrogens with one attached hydrogen (secondary N) is 2. The maximum absolute atomic E-state index is 12.8. The maximum atomic E-state index is 12.8. The lowest BCUT2D eigenvalue weighted by molar-refractivity contribution is -0.113. The lowest BCUT2D eigenvalue weighted by atomic mass is 10.1. The Balaban J connectivity index is 1.38. The Bertz CT molecular complexity index is 1350. The van der Waals surface area contributed by atoms with Gasteiger partial charge in [0.05, 0.1) is 22.7 Å². The van der Waals surface area contributed by atoms with Crippen molar-refractivity contribution in [3.8, 4) is 5.69 Å². The van der Waals surface area contributed by atoms with E-state index in [2.05, 4.69) is 32.2 Å². The van der Waals surface area contributed by atoms with E-state index >= 15 is 0 Å². The zero-order valence-corrected chi connectivity index (χ0v) is 20.6. The van der Waals surface area contributed by atoms with Crippen LogP contribution in [0.4, 0.5) is 5.69 Å². The molecule has 1 heterocycles. The second-order valence-electron chi connectivity index (χ2n) is 8.21. The highest BCUT2D eigenvalue weighted by Crippen LogP contribution is 2.22. The third-order valence-corrected chi connectivity index (χ3v) is 6.29. The molecule has 3 aromatic carbocycles. The van der Waals surface area contributed by atoms with Crippen LogP contribution in [-0.4, -0.2) is 37.8 Å². The van der Waals surface area contributed by atoms with Crippen molar-refractivity contribution in [2.75, 3.05) is 11.1 Å². The van der Waals surface area contributed by atoms with E-state index in [0.717, 1.165) is 27.9 Å². The van der Waals surface area contributed by atoms with Gasteiger partial charge in [-0.15, -0.1) is 5.10 Å². The molecule has 0 fully saturated rings. The number of benzene rings is 3. The van der Waals surface area contributed by atoms with Gasteiger partial charge in [-0.05, 0) is 60.5 Å². The Morgan fingerprint density at radius 2 is 1.69 bits per heavy atom. The zero-order chi connectivity index (χ0) is 24.8. The summed E-state index contributed by atoms with van der Waals surface area (Å²) in [6.45, 7) is 6.44. The van der Waals surface area contributed by atoms with Crippen LogP contribution in [0.15, 0.2) is 71.9 Å². The largest absolute Gasteiger partial charge is 0.348 e. The molecular formula is C26H26N6O2S. The number of para-hydroxylation sites is 1. The molecule has 2 N–H and O–H groups in total. The van der Waals surface area contributed by atoms with Gasteiger partial charge in [-0.25, -0.2) is 0 Å². The van der Waals surface area contributed by atoms with Gasteiger partial charge in [-0.3, -0.25) is 9.59 Å². The molecule has 8 nitrogen and oxygen atoms in total. The third-order valence-electron chi connectivity index (χ3n) is 5.37. The van der Waals surface area contributed by atoms with Crippen molar-refractivity contribution in [2.24, 2.45) is 0 Å². The Kier molecular flexibility index (Phi) is 7.57. The summed E-state index contributed by atoms with van der Waals surface area (Å²) in [5.41, 5.74) is 6.06. The first-order chi connectivity index (χ1) is 16.9. The van der Waals surface area contributed by atoms with Crippen molar-refractivity contribution >= 4 is 29.3 Å². The molecule has 0 aliphatic rings. The van der Waals surface area contributed by atoms with Crippen molar-refractivity contribution in [1.82, 2.24) is 25.5 Å². The molecule has 0 aliphatic heterocycles. The first-order valence-corrected chi connectivity index (χ1v) is 12.1. The Morgan fingerprint density at radius 3 is 2.46 bits per heavy atom. The molecule has 4 rings (SSSR count). The highest BCUT2D eigenvalue weighted by Gasteiger charge is 2.16. The standard InChI is InChI=1S/C26H26N6O2S/c1-17-8-11-20(12-9-17)15-27-25(34)21-6-4-5-7-22(21)28-24(33)16-35-26-29-30-31-32(26)23-13-10-18(2)14-19(23)3/h4-14H,15-16H2,1-3H3,(H,27,34)(H,28,33). The van der Waals surface area contributed by atoms with Crippen molar-refractivity contribution in [3.63, 3.8) is 0 Å². The molecule has 178 valence electrons. The summed E-state index contributed by atoms with van der Waals surface area (Å²) in [6, 6.07) is 20.9. The summed E-state index contributed by atoms with van der Waals surface area (Å²) < 4.78 is 1.62. The third kappa shape index (κ3) is 6.13. The minimum atomic E-state index is -0.260. The second kappa shape index (κ2) is 11.0. The number of hydrogen-bond donors (Lipinski definition) is 2. The maximum Gasteiger partial charge on any atom is 0.253 e. The fraction of sp³-hybridized carbons (Fsp3) is 0.192. The number of anilines is 1. The van der Waals surface area contributed by atoms with Crippen LogP contribution < -0.4 is 10.6 Å². The minimum absolute atomic E-state index is 0.0879. The number of nitrogens with zero attached hydrogens (tertiary/aromatic N) is 4. The predicted molar refractivity (Wildman–Crippen MR) is 137 cm³/mol. The lowest BCUT2D eigenvalue weighted by Gasteiger charge is -2.12. The molecule has 0 saturated heterocycles. The summed E-state index contributed by atoms with van der Waals surface area (Å²) in [6.07, 6.45) is 0. The second-order valence-corrected chi connectivity index (χ2v) is 9.16. The average molecular weight is 487 g/mol. The van der Waals surface area contributed by atoms with Gasteiger partial charge < -0.3 is 10.6 Å². The summed E-state index contributed by atoms with van der Waals surface area (Å²) in [5, 5.41) is 18.2. The van der Waals surface area contributed by atoms with Crippen molar-refractivity contribution in [1.29, 1.82) is 0 Å². The molecular weight excluding hydrogens is 460 g/mol. The van der Waals surface area contributed by atoms with Crippen LogP contribution in [0.2, 0.25) is 0 Å². The van der Waals surface area contributed by atoms with Crippen LogP contribution in [-0.2, 0) is 11.3 Å². The predicted octanol–water partition coefficient (Wildman–Crippen LogP) is 4.25. The van der Waals surface area contributed by atoms with Crippen LogP contribution >= 0.6 is 11.8 Å². The number of hydrogen-bond acceptors (Lipinski definition) is 6. The average Bonchev–Trinajstić information content (AvgIpc) is 3.31. The molecule has 2 amide bonds. The first kappa shape index (κ1) is 24.2. The molecule has 0 bridgehead atoms. The number of rotatable bonds is 8. The monoisotopic (exact) mass is 486 g/mol. The van der Waals surface area contributed by atoms with Gasteiger partial charge in [-0.1, -0.05) is 71.4 Å². The van der Waals surface area contributed by atoms with E-state index in [4.69, 9.17) is 0 Å². The van der Waals surface area contributed by atoms with Gasteiger partial charge >= 0.3 is 0 Å². The number of aromatic nitrogens is 4. The first-order valence-electron chi connectivity index (χ1n) is 11.1. The highest BCUT2D eigenvalue weighted by molar-refractivity contribution is 7.99. The summed E-state index contributed by atoms with van der Waals surface area (Å²) in [4.78, 5) is 25.5. The molecule has 35 heavy (non-hydrogen) atoms. The molecule has 0 unspecified atom stereocenters. The molecule has 1 aromatic heterocycles. The van der Waals surface area contributed by atoms with Crippen LogP contribution in [0.1, 0.15) is 32.6 Å². The molecule has 0 spiro atoms. The van der Waals surface area contributed by atoms with E-state index in [-0.39, 0.29) is 17.6 Å². The van der Waals surface area contributed by atoms with Crippen LogP contribution in [0, 0.1) is 20.8 Å². The summed E-state index contributed by atoms with van der Waals surface area (Å²) in [7, 11) is 0. The van der Waals surface area contributed by atoms with E-state index in [9.17, 15) is 9.59 Å². The molecule has 4 aromatic rings. The van der Waals surface area contributed by atoms with Crippen LogP contribution in [0.3, 0.4) is 0 Å². The molecule has 0 atom stereocenters. The number of carbonyl (C=O) groups excluding carboxylic acids is 2. The Morgan fingerprint density at radius 1 is 0.943 bits per heavy atom. The SMILES string of the molecule is Cc1ccc(CNC(=O)c2ccccc2NC(=O)CSc2nnnn2-c2ccc(C)cc2C)cc1.